The minimum atomic E-state index is -4.05. The first-order valence-electron chi connectivity index (χ1n) is 10.7. The van der Waals surface area contributed by atoms with Gasteiger partial charge in [-0.25, -0.2) is 9.36 Å². The fourth-order valence-corrected chi connectivity index (χ4v) is 5.51. The third-order valence-electron chi connectivity index (χ3n) is 4.63. The Balaban J connectivity index is 1.87. The van der Waals surface area contributed by atoms with Crippen LogP contribution in [0.3, 0.4) is 0 Å². The van der Waals surface area contributed by atoms with Gasteiger partial charge in [0.2, 0.25) is 0 Å². The van der Waals surface area contributed by atoms with Crippen LogP contribution in [-0.2, 0) is 15.9 Å². The molecule has 1 atom stereocenters. The standard InChI is InChI=1S/C25H26Cl2NO5P/c1-18(2)14-24(28-25(29)31-17-19-8-4-3-5-9-19)34(30,32-22-12-6-10-20(26)15-22)33-23-13-7-11-21(27)16-23/h3-13,15-16,18,24H,14,17H2,1-2H3,(H,28,29). The number of carbonyl (C=O) groups excluding carboxylic acids is 1. The van der Waals surface area contributed by atoms with Crippen LogP contribution in [0.1, 0.15) is 25.8 Å². The lowest BCUT2D eigenvalue weighted by atomic mass is 10.1. The molecule has 0 radical (unpaired) electrons. The maximum absolute atomic E-state index is 14.2. The first kappa shape index (κ1) is 26.0. The number of benzene rings is 3. The van der Waals surface area contributed by atoms with Crippen molar-refractivity contribution in [2.45, 2.75) is 32.7 Å². The van der Waals surface area contributed by atoms with Gasteiger partial charge >= 0.3 is 13.7 Å². The Morgan fingerprint density at radius 1 is 0.882 bits per heavy atom. The molecule has 9 heteroatoms. The summed E-state index contributed by atoms with van der Waals surface area (Å²) in [7, 11) is -4.05. The molecule has 0 spiro atoms. The molecular weight excluding hydrogens is 496 g/mol. The van der Waals surface area contributed by atoms with Gasteiger partial charge in [0.25, 0.3) is 0 Å². The van der Waals surface area contributed by atoms with Crippen LogP contribution in [0.4, 0.5) is 4.79 Å². The highest BCUT2D eigenvalue weighted by molar-refractivity contribution is 7.55. The molecule has 1 unspecified atom stereocenters. The van der Waals surface area contributed by atoms with Gasteiger partial charge < -0.3 is 19.1 Å². The summed E-state index contributed by atoms with van der Waals surface area (Å²) < 4.78 is 31.3. The second-order valence-electron chi connectivity index (χ2n) is 7.99. The third-order valence-corrected chi connectivity index (χ3v) is 7.14. The maximum atomic E-state index is 14.2. The monoisotopic (exact) mass is 521 g/mol. The predicted octanol–water partition coefficient (Wildman–Crippen LogP) is 7.94. The summed E-state index contributed by atoms with van der Waals surface area (Å²) in [6.45, 7) is 3.94. The molecule has 0 aromatic heterocycles. The number of hydrogen-bond donors (Lipinski definition) is 1. The van der Waals surface area contributed by atoms with Crippen LogP contribution in [0.15, 0.2) is 78.9 Å². The maximum Gasteiger partial charge on any atom is 0.453 e. The second kappa shape index (κ2) is 12.2. The zero-order valence-electron chi connectivity index (χ0n) is 18.8. The molecule has 6 nitrogen and oxygen atoms in total. The average molecular weight is 522 g/mol. The van der Waals surface area contributed by atoms with E-state index in [0.717, 1.165) is 5.56 Å². The van der Waals surface area contributed by atoms with Gasteiger partial charge in [-0.05, 0) is 54.3 Å². The smallest absolute Gasteiger partial charge is 0.445 e. The Kier molecular flexibility index (Phi) is 9.28. The van der Waals surface area contributed by atoms with Crippen molar-refractivity contribution < 1.29 is 23.1 Å². The molecule has 0 saturated carbocycles. The molecule has 1 N–H and O–H groups in total. The first-order chi connectivity index (χ1) is 16.2. The zero-order chi connectivity index (χ0) is 24.6. The van der Waals surface area contributed by atoms with Gasteiger partial charge in [-0.3, -0.25) is 0 Å². The molecule has 0 heterocycles. The highest BCUT2D eigenvalue weighted by Crippen LogP contribution is 2.54. The van der Waals surface area contributed by atoms with Crippen molar-refractivity contribution in [3.05, 3.63) is 94.5 Å². The quantitative estimate of drug-likeness (QED) is 0.274. The van der Waals surface area contributed by atoms with Gasteiger partial charge in [-0.2, -0.15) is 0 Å². The summed E-state index contributed by atoms with van der Waals surface area (Å²) in [5, 5.41) is 3.50. The fourth-order valence-electron chi connectivity index (χ4n) is 3.10. The van der Waals surface area contributed by atoms with E-state index in [4.69, 9.17) is 37.0 Å². The summed E-state index contributed by atoms with van der Waals surface area (Å²) in [4.78, 5) is 12.7. The molecule has 3 aromatic carbocycles. The van der Waals surface area contributed by atoms with E-state index in [1.54, 1.807) is 36.4 Å². The number of carbonyl (C=O) groups is 1. The van der Waals surface area contributed by atoms with Crippen molar-refractivity contribution in [2.24, 2.45) is 5.92 Å². The molecule has 180 valence electrons. The number of amides is 1. The van der Waals surface area contributed by atoms with E-state index in [1.807, 2.05) is 44.2 Å². The molecule has 0 aliphatic rings. The van der Waals surface area contributed by atoms with E-state index >= 15 is 0 Å². The highest BCUT2D eigenvalue weighted by Gasteiger charge is 2.41. The van der Waals surface area contributed by atoms with Crippen LogP contribution < -0.4 is 14.4 Å². The molecule has 0 saturated heterocycles. The largest absolute Gasteiger partial charge is 0.453 e. The second-order valence-corrected chi connectivity index (χ2v) is 10.9. The van der Waals surface area contributed by atoms with Crippen LogP contribution in [0.25, 0.3) is 0 Å². The normalized spacial score (nSPS) is 12.1. The fraction of sp³-hybridized carbons (Fsp3) is 0.240. The first-order valence-corrected chi connectivity index (χ1v) is 13.1. The van der Waals surface area contributed by atoms with Crippen LogP contribution >= 0.6 is 30.8 Å². The van der Waals surface area contributed by atoms with Gasteiger partial charge in [-0.15, -0.1) is 0 Å². The van der Waals surface area contributed by atoms with Gasteiger partial charge in [0.05, 0.1) is 0 Å². The Morgan fingerprint density at radius 3 is 1.94 bits per heavy atom. The summed E-state index contributed by atoms with van der Waals surface area (Å²) in [6, 6.07) is 22.2. The minimum Gasteiger partial charge on any atom is -0.445 e. The Labute approximate surface area is 209 Å². The van der Waals surface area contributed by atoms with Crippen molar-refractivity contribution in [3.8, 4) is 11.5 Å². The van der Waals surface area contributed by atoms with Crippen molar-refractivity contribution in [1.29, 1.82) is 0 Å². The summed E-state index contributed by atoms with van der Waals surface area (Å²) in [5.74, 6) is -0.468. The van der Waals surface area contributed by atoms with E-state index in [9.17, 15) is 9.36 Å². The van der Waals surface area contributed by atoms with Crippen molar-refractivity contribution in [1.82, 2.24) is 5.32 Å². The minimum absolute atomic E-state index is 0.0543. The van der Waals surface area contributed by atoms with Crippen LogP contribution in [-0.4, -0.2) is 11.9 Å². The number of halogens is 2. The van der Waals surface area contributed by atoms with E-state index in [2.05, 4.69) is 5.32 Å². The number of nitrogens with one attached hydrogen (secondary N) is 1. The van der Waals surface area contributed by atoms with E-state index in [0.29, 0.717) is 16.5 Å². The lowest BCUT2D eigenvalue weighted by Gasteiger charge is -2.29. The molecule has 0 aliphatic carbocycles. The molecule has 3 rings (SSSR count). The summed E-state index contributed by atoms with van der Waals surface area (Å²) in [6.07, 6.45) is -0.433. The van der Waals surface area contributed by atoms with E-state index in [-0.39, 0.29) is 24.0 Å². The van der Waals surface area contributed by atoms with E-state index in [1.165, 1.54) is 12.1 Å². The lowest BCUT2D eigenvalue weighted by molar-refractivity contribution is 0.136. The third kappa shape index (κ3) is 7.98. The molecule has 34 heavy (non-hydrogen) atoms. The van der Waals surface area contributed by atoms with Gasteiger partial charge in [-0.1, -0.05) is 79.5 Å². The van der Waals surface area contributed by atoms with Crippen molar-refractivity contribution in [2.75, 3.05) is 0 Å². The molecular formula is C25H26Cl2NO5P. The lowest BCUT2D eigenvalue weighted by Crippen LogP contribution is -2.38. The molecule has 1 amide bonds. The van der Waals surface area contributed by atoms with E-state index < -0.39 is 19.5 Å². The number of rotatable bonds is 10. The summed E-state index contributed by atoms with van der Waals surface area (Å²) in [5.41, 5.74) is 0.826. The van der Waals surface area contributed by atoms with Gasteiger partial charge in [0.15, 0.2) is 5.78 Å². The number of alkyl carbamates (subject to hydrolysis) is 1. The van der Waals surface area contributed by atoms with Crippen LogP contribution in [0.5, 0.6) is 11.5 Å². The Morgan fingerprint density at radius 2 is 1.44 bits per heavy atom. The van der Waals surface area contributed by atoms with Crippen LogP contribution in [0.2, 0.25) is 10.0 Å². The Hall–Kier alpha value is -2.66. The topological polar surface area (TPSA) is 73.9 Å². The van der Waals surface area contributed by atoms with Crippen molar-refractivity contribution in [3.63, 3.8) is 0 Å². The van der Waals surface area contributed by atoms with Crippen molar-refractivity contribution >= 4 is 36.9 Å². The van der Waals surface area contributed by atoms with Gasteiger partial charge in [0.1, 0.15) is 18.1 Å². The molecule has 0 fully saturated rings. The summed E-state index contributed by atoms with van der Waals surface area (Å²) >= 11 is 12.2. The zero-order valence-corrected chi connectivity index (χ0v) is 21.2. The molecule has 0 aliphatic heterocycles. The average Bonchev–Trinajstić information content (AvgIpc) is 2.77. The SMILES string of the molecule is CC(C)CC(NC(=O)OCc1ccccc1)P(=O)(Oc1cccc(Cl)c1)Oc1cccc(Cl)c1. The number of ether oxygens (including phenoxy) is 1. The van der Waals surface area contributed by atoms with Crippen LogP contribution in [0, 0.1) is 5.92 Å². The molecule has 3 aromatic rings. The number of hydrogen-bond acceptors (Lipinski definition) is 5. The van der Waals surface area contributed by atoms with Gasteiger partial charge in [0, 0.05) is 10.0 Å². The molecule has 0 bridgehead atoms. The predicted molar refractivity (Wildman–Crippen MR) is 135 cm³/mol. The highest BCUT2D eigenvalue weighted by atomic mass is 35.5. The Bertz CT molecular complexity index is 1090.